The van der Waals surface area contributed by atoms with Crippen LogP contribution in [0.25, 0.3) is 33.4 Å². The molecule has 0 atom stereocenters. The van der Waals surface area contributed by atoms with E-state index in [1.807, 2.05) is 0 Å². The molecule has 0 saturated heterocycles. The topological polar surface area (TPSA) is 0 Å². The zero-order valence-corrected chi connectivity index (χ0v) is 15.2. The van der Waals surface area contributed by atoms with Crippen molar-refractivity contribution in [3.63, 3.8) is 0 Å². The van der Waals surface area contributed by atoms with Crippen LogP contribution in [0.15, 0.2) is 97.1 Å². The first-order valence-corrected chi connectivity index (χ1v) is 9.06. The highest BCUT2D eigenvalue weighted by atomic mass is 14.2. The lowest BCUT2D eigenvalue weighted by molar-refractivity contribution is 1.34. The molecule has 0 amide bonds. The Balaban J connectivity index is 1.96. The summed E-state index contributed by atoms with van der Waals surface area (Å²) < 4.78 is 0. The third kappa shape index (κ3) is 2.95. The quantitative estimate of drug-likeness (QED) is 0.368. The Morgan fingerprint density at radius 1 is 0.385 bits per heavy atom. The highest BCUT2D eigenvalue weighted by Gasteiger charge is 2.13. The lowest BCUT2D eigenvalue weighted by atomic mass is 9.87. The van der Waals surface area contributed by atoms with Crippen LogP contribution in [0.4, 0.5) is 0 Å². The van der Waals surface area contributed by atoms with Gasteiger partial charge in [-0.25, -0.2) is 0 Å². The molecular weight excluding hydrogens is 312 g/mol. The van der Waals surface area contributed by atoms with Crippen molar-refractivity contribution in [1.82, 2.24) is 0 Å². The van der Waals surface area contributed by atoms with Crippen LogP contribution in [0.5, 0.6) is 0 Å². The highest BCUT2D eigenvalue weighted by molar-refractivity contribution is 5.92. The molecule has 0 spiro atoms. The molecule has 0 aliphatic rings. The van der Waals surface area contributed by atoms with Gasteiger partial charge in [0.05, 0.1) is 0 Å². The zero-order valence-electron chi connectivity index (χ0n) is 15.2. The Morgan fingerprint density at radius 3 is 1.50 bits per heavy atom. The fraction of sp³-hybridized carbons (Fsp3) is 0.0769. The van der Waals surface area contributed by atoms with Crippen LogP contribution < -0.4 is 0 Å². The first-order valence-electron chi connectivity index (χ1n) is 9.06. The van der Waals surface area contributed by atoms with Gasteiger partial charge in [0.1, 0.15) is 0 Å². The molecule has 0 N–H and O–H groups in total. The van der Waals surface area contributed by atoms with Gasteiger partial charge in [-0.3, -0.25) is 0 Å². The minimum absolute atomic E-state index is 1.25. The number of aryl methyl sites for hydroxylation is 1. The molecule has 0 heteroatoms. The predicted molar refractivity (Wildman–Crippen MR) is 112 cm³/mol. The minimum Gasteiger partial charge on any atom is -0.0622 e. The van der Waals surface area contributed by atoms with E-state index in [0.29, 0.717) is 0 Å². The molecule has 0 heterocycles. The Kier molecular flexibility index (Phi) is 4.41. The summed E-state index contributed by atoms with van der Waals surface area (Å²) in [6, 6.07) is 34.6. The Hall–Kier alpha value is -3.12. The number of rotatable bonds is 3. The average molecular weight is 334 g/mol. The Morgan fingerprint density at radius 2 is 0.846 bits per heavy atom. The van der Waals surface area contributed by atoms with Gasteiger partial charge in [-0.05, 0) is 58.4 Å². The Labute approximate surface area is 155 Å². The fourth-order valence-electron chi connectivity index (χ4n) is 3.58. The van der Waals surface area contributed by atoms with E-state index in [9.17, 15) is 0 Å². The average Bonchev–Trinajstić information content (AvgIpc) is 2.71. The van der Waals surface area contributed by atoms with E-state index < -0.39 is 0 Å². The van der Waals surface area contributed by atoms with E-state index in [2.05, 4.69) is 111 Å². The molecule has 0 unspecified atom stereocenters. The zero-order chi connectivity index (χ0) is 17.9. The third-order valence-electron chi connectivity index (χ3n) is 5.12. The van der Waals surface area contributed by atoms with Gasteiger partial charge < -0.3 is 0 Å². The molecule has 0 aliphatic carbocycles. The molecule has 4 rings (SSSR count). The summed E-state index contributed by atoms with van der Waals surface area (Å²) in [7, 11) is 0. The van der Waals surface area contributed by atoms with Gasteiger partial charge in [-0.2, -0.15) is 0 Å². The normalized spacial score (nSPS) is 10.7. The summed E-state index contributed by atoms with van der Waals surface area (Å²) in [6.45, 7) is 4.39. The van der Waals surface area contributed by atoms with Crippen LogP contribution in [0.1, 0.15) is 11.1 Å². The number of hydrogen-bond donors (Lipinski definition) is 0. The summed E-state index contributed by atoms with van der Waals surface area (Å²) in [6.07, 6.45) is 0. The van der Waals surface area contributed by atoms with E-state index in [1.54, 1.807) is 0 Å². The van der Waals surface area contributed by atoms with Crippen LogP contribution in [-0.4, -0.2) is 0 Å². The summed E-state index contributed by atoms with van der Waals surface area (Å²) in [5.74, 6) is 0. The summed E-state index contributed by atoms with van der Waals surface area (Å²) in [5, 5.41) is 0. The van der Waals surface area contributed by atoms with Gasteiger partial charge in [-0.1, -0.05) is 97.1 Å². The van der Waals surface area contributed by atoms with E-state index in [-0.39, 0.29) is 0 Å². The molecule has 26 heavy (non-hydrogen) atoms. The van der Waals surface area contributed by atoms with Gasteiger partial charge in [0, 0.05) is 0 Å². The van der Waals surface area contributed by atoms with Crippen molar-refractivity contribution in [2.45, 2.75) is 13.8 Å². The maximum absolute atomic E-state index is 2.24. The Bertz CT molecular complexity index is 1040. The maximum Gasteiger partial charge on any atom is -0.00991 e. The van der Waals surface area contributed by atoms with Crippen LogP contribution in [0.3, 0.4) is 0 Å². The van der Waals surface area contributed by atoms with Crippen LogP contribution in [-0.2, 0) is 0 Å². The van der Waals surface area contributed by atoms with Crippen LogP contribution >= 0.6 is 0 Å². The smallest absolute Gasteiger partial charge is 0.00991 e. The molecule has 0 radical (unpaired) electrons. The second-order valence-corrected chi connectivity index (χ2v) is 6.70. The van der Waals surface area contributed by atoms with Gasteiger partial charge in [0.15, 0.2) is 0 Å². The molecule has 0 fully saturated rings. The lowest BCUT2D eigenvalue weighted by Crippen LogP contribution is -1.92. The summed E-state index contributed by atoms with van der Waals surface area (Å²) in [5.41, 5.74) is 10.3. The van der Waals surface area contributed by atoms with Gasteiger partial charge >= 0.3 is 0 Å². The first-order chi connectivity index (χ1) is 12.8. The van der Waals surface area contributed by atoms with Crippen molar-refractivity contribution in [3.05, 3.63) is 108 Å². The maximum atomic E-state index is 2.24. The van der Waals surface area contributed by atoms with Gasteiger partial charge in [0.2, 0.25) is 0 Å². The van der Waals surface area contributed by atoms with Crippen molar-refractivity contribution in [3.8, 4) is 33.4 Å². The van der Waals surface area contributed by atoms with E-state index in [1.165, 1.54) is 44.5 Å². The van der Waals surface area contributed by atoms with Gasteiger partial charge in [0.25, 0.3) is 0 Å². The first kappa shape index (κ1) is 16.4. The van der Waals surface area contributed by atoms with E-state index >= 15 is 0 Å². The highest BCUT2D eigenvalue weighted by Crippen LogP contribution is 2.39. The second kappa shape index (κ2) is 7.01. The fourth-order valence-corrected chi connectivity index (χ4v) is 3.58. The van der Waals surface area contributed by atoms with Crippen molar-refractivity contribution in [2.75, 3.05) is 0 Å². The van der Waals surface area contributed by atoms with E-state index in [4.69, 9.17) is 0 Å². The SMILES string of the molecule is Cc1cccc(-c2ccccc2-c2ccccc2-c2ccccc2)c1C. The van der Waals surface area contributed by atoms with E-state index in [0.717, 1.165) is 0 Å². The standard InChI is InChI=1S/C26H22/c1-19-11-10-18-22(20(19)2)24-15-8-9-17-26(24)25-16-7-6-14-23(25)21-12-4-3-5-13-21/h3-18H,1-2H3. The molecule has 4 aromatic carbocycles. The van der Waals surface area contributed by atoms with Crippen molar-refractivity contribution in [1.29, 1.82) is 0 Å². The number of hydrogen-bond acceptors (Lipinski definition) is 0. The van der Waals surface area contributed by atoms with Crippen LogP contribution in [0, 0.1) is 13.8 Å². The molecular formula is C26H22. The lowest BCUT2D eigenvalue weighted by Gasteiger charge is -2.16. The van der Waals surface area contributed by atoms with Crippen LogP contribution in [0.2, 0.25) is 0 Å². The predicted octanol–water partition coefficient (Wildman–Crippen LogP) is 7.30. The molecule has 0 saturated carbocycles. The minimum atomic E-state index is 1.25. The summed E-state index contributed by atoms with van der Waals surface area (Å²) in [4.78, 5) is 0. The molecule has 126 valence electrons. The molecule has 0 bridgehead atoms. The number of benzene rings is 4. The molecule has 0 aliphatic heterocycles. The summed E-state index contributed by atoms with van der Waals surface area (Å²) >= 11 is 0. The van der Waals surface area contributed by atoms with Gasteiger partial charge in [-0.15, -0.1) is 0 Å². The van der Waals surface area contributed by atoms with Crippen molar-refractivity contribution in [2.24, 2.45) is 0 Å². The van der Waals surface area contributed by atoms with Crippen molar-refractivity contribution < 1.29 is 0 Å². The monoisotopic (exact) mass is 334 g/mol. The van der Waals surface area contributed by atoms with Crippen molar-refractivity contribution >= 4 is 0 Å². The molecule has 0 aromatic heterocycles. The molecule has 0 nitrogen and oxygen atoms in total. The largest absolute Gasteiger partial charge is 0.0622 e. The molecule has 4 aromatic rings. The second-order valence-electron chi connectivity index (χ2n) is 6.70. The third-order valence-corrected chi connectivity index (χ3v) is 5.12.